The Hall–Kier alpha value is -0.0400. The van der Waals surface area contributed by atoms with E-state index in [2.05, 4.69) is 26.1 Å². The normalized spacial score (nSPS) is 28.5. The molecular formula is C17H35N. The Morgan fingerprint density at radius 1 is 0.944 bits per heavy atom. The van der Waals surface area contributed by atoms with Crippen molar-refractivity contribution >= 4 is 0 Å². The second-order valence-electron chi connectivity index (χ2n) is 6.49. The fraction of sp³-hybridized carbons (Fsp3) is 1.00. The van der Waals surface area contributed by atoms with Crippen LogP contribution in [-0.2, 0) is 0 Å². The smallest absolute Gasteiger partial charge is 0.00179 e. The molecule has 1 fully saturated rings. The van der Waals surface area contributed by atoms with Crippen molar-refractivity contribution in [2.24, 2.45) is 17.8 Å². The van der Waals surface area contributed by atoms with Crippen molar-refractivity contribution in [3.8, 4) is 0 Å². The monoisotopic (exact) mass is 253 g/mol. The van der Waals surface area contributed by atoms with Gasteiger partial charge < -0.3 is 5.32 Å². The third kappa shape index (κ3) is 6.22. The molecule has 1 heteroatoms. The lowest BCUT2D eigenvalue weighted by atomic mass is 9.72. The second kappa shape index (κ2) is 9.83. The summed E-state index contributed by atoms with van der Waals surface area (Å²) < 4.78 is 0. The van der Waals surface area contributed by atoms with Crippen LogP contribution in [0.2, 0.25) is 0 Å². The molecule has 3 unspecified atom stereocenters. The van der Waals surface area contributed by atoms with E-state index in [1.807, 2.05) is 0 Å². The van der Waals surface area contributed by atoms with Crippen LogP contribution < -0.4 is 5.32 Å². The van der Waals surface area contributed by atoms with Gasteiger partial charge in [-0.1, -0.05) is 59.3 Å². The maximum absolute atomic E-state index is 3.65. The number of unbranched alkanes of at least 4 members (excludes halogenated alkanes) is 3. The lowest BCUT2D eigenvalue weighted by Crippen LogP contribution is -2.33. The van der Waals surface area contributed by atoms with Gasteiger partial charge in [-0.05, 0) is 50.1 Å². The van der Waals surface area contributed by atoms with Gasteiger partial charge >= 0.3 is 0 Å². The van der Waals surface area contributed by atoms with Crippen LogP contribution in [-0.4, -0.2) is 13.1 Å². The SMILES string of the molecule is CCCCCCC1CC(C)CCC1CNCCC. The Bertz CT molecular complexity index is 190. The van der Waals surface area contributed by atoms with E-state index in [0.717, 1.165) is 17.8 Å². The Morgan fingerprint density at radius 3 is 2.50 bits per heavy atom. The van der Waals surface area contributed by atoms with Crippen molar-refractivity contribution in [2.75, 3.05) is 13.1 Å². The molecule has 0 amide bonds. The minimum atomic E-state index is 0.967. The molecule has 1 N–H and O–H groups in total. The van der Waals surface area contributed by atoms with Crippen molar-refractivity contribution < 1.29 is 0 Å². The van der Waals surface area contributed by atoms with E-state index in [1.165, 1.54) is 70.9 Å². The van der Waals surface area contributed by atoms with Gasteiger partial charge in [0.2, 0.25) is 0 Å². The predicted octanol–water partition coefficient (Wildman–Crippen LogP) is 5.01. The fourth-order valence-corrected chi connectivity index (χ4v) is 3.48. The van der Waals surface area contributed by atoms with Gasteiger partial charge in [0.1, 0.15) is 0 Å². The fourth-order valence-electron chi connectivity index (χ4n) is 3.48. The maximum atomic E-state index is 3.65. The van der Waals surface area contributed by atoms with E-state index < -0.39 is 0 Å². The van der Waals surface area contributed by atoms with Crippen LogP contribution in [0.4, 0.5) is 0 Å². The van der Waals surface area contributed by atoms with Crippen LogP contribution >= 0.6 is 0 Å². The molecule has 0 aromatic rings. The highest BCUT2D eigenvalue weighted by molar-refractivity contribution is 4.80. The van der Waals surface area contributed by atoms with Gasteiger partial charge in [-0.3, -0.25) is 0 Å². The molecule has 0 saturated heterocycles. The van der Waals surface area contributed by atoms with E-state index >= 15 is 0 Å². The first-order chi connectivity index (χ1) is 8.77. The third-order valence-corrected chi connectivity index (χ3v) is 4.66. The number of nitrogens with one attached hydrogen (secondary N) is 1. The quantitative estimate of drug-likeness (QED) is 0.570. The summed E-state index contributed by atoms with van der Waals surface area (Å²) in [5.41, 5.74) is 0. The average Bonchev–Trinajstić information content (AvgIpc) is 2.37. The summed E-state index contributed by atoms with van der Waals surface area (Å²) in [4.78, 5) is 0. The molecule has 0 aromatic carbocycles. The molecule has 0 aliphatic heterocycles. The molecule has 1 nitrogen and oxygen atoms in total. The Labute approximate surface area is 115 Å². The van der Waals surface area contributed by atoms with Crippen LogP contribution in [0.25, 0.3) is 0 Å². The summed E-state index contributed by atoms with van der Waals surface area (Å²) in [6.07, 6.45) is 12.9. The number of hydrogen-bond acceptors (Lipinski definition) is 1. The molecule has 1 saturated carbocycles. The van der Waals surface area contributed by atoms with Crippen LogP contribution in [0.3, 0.4) is 0 Å². The molecule has 0 spiro atoms. The predicted molar refractivity (Wildman–Crippen MR) is 81.9 cm³/mol. The molecule has 108 valence electrons. The molecule has 1 aliphatic carbocycles. The summed E-state index contributed by atoms with van der Waals surface area (Å²) in [7, 11) is 0. The summed E-state index contributed by atoms with van der Waals surface area (Å²) in [6.45, 7) is 9.50. The zero-order chi connectivity index (χ0) is 13.2. The van der Waals surface area contributed by atoms with E-state index in [1.54, 1.807) is 0 Å². The Morgan fingerprint density at radius 2 is 1.78 bits per heavy atom. The highest BCUT2D eigenvalue weighted by atomic mass is 14.9. The minimum Gasteiger partial charge on any atom is -0.316 e. The van der Waals surface area contributed by atoms with Crippen molar-refractivity contribution in [1.82, 2.24) is 5.32 Å². The van der Waals surface area contributed by atoms with Gasteiger partial charge in [0.25, 0.3) is 0 Å². The van der Waals surface area contributed by atoms with Crippen LogP contribution in [0.5, 0.6) is 0 Å². The van der Waals surface area contributed by atoms with Crippen LogP contribution in [0.1, 0.15) is 78.6 Å². The molecule has 0 radical (unpaired) electrons. The van der Waals surface area contributed by atoms with Crippen molar-refractivity contribution in [3.05, 3.63) is 0 Å². The van der Waals surface area contributed by atoms with Gasteiger partial charge in [-0.25, -0.2) is 0 Å². The summed E-state index contributed by atoms with van der Waals surface area (Å²) in [5.74, 6) is 2.95. The van der Waals surface area contributed by atoms with Gasteiger partial charge in [0.05, 0.1) is 0 Å². The van der Waals surface area contributed by atoms with E-state index in [4.69, 9.17) is 0 Å². The molecule has 0 heterocycles. The molecule has 3 atom stereocenters. The van der Waals surface area contributed by atoms with Crippen LogP contribution in [0.15, 0.2) is 0 Å². The number of rotatable bonds is 9. The zero-order valence-corrected chi connectivity index (χ0v) is 13.0. The van der Waals surface area contributed by atoms with Gasteiger partial charge in [0, 0.05) is 0 Å². The topological polar surface area (TPSA) is 12.0 Å². The number of hydrogen-bond donors (Lipinski definition) is 1. The van der Waals surface area contributed by atoms with E-state index in [-0.39, 0.29) is 0 Å². The highest BCUT2D eigenvalue weighted by Gasteiger charge is 2.27. The van der Waals surface area contributed by atoms with Crippen molar-refractivity contribution in [3.63, 3.8) is 0 Å². The first-order valence-electron chi connectivity index (χ1n) is 8.48. The molecule has 0 bridgehead atoms. The standard InChI is InChI=1S/C17H35N/c1-4-6-7-8-9-16-13-15(3)10-11-17(16)14-18-12-5-2/h15-18H,4-14H2,1-3H3. The molecule has 1 aliphatic rings. The zero-order valence-electron chi connectivity index (χ0n) is 13.0. The third-order valence-electron chi connectivity index (χ3n) is 4.66. The Balaban J connectivity index is 2.26. The van der Waals surface area contributed by atoms with Crippen LogP contribution in [0, 0.1) is 17.8 Å². The largest absolute Gasteiger partial charge is 0.316 e. The molecule has 0 aromatic heterocycles. The summed E-state index contributed by atoms with van der Waals surface area (Å²) >= 11 is 0. The van der Waals surface area contributed by atoms with Gasteiger partial charge in [0.15, 0.2) is 0 Å². The lowest BCUT2D eigenvalue weighted by molar-refractivity contribution is 0.171. The minimum absolute atomic E-state index is 0.967. The maximum Gasteiger partial charge on any atom is -0.00179 e. The Kier molecular flexibility index (Phi) is 8.75. The van der Waals surface area contributed by atoms with Gasteiger partial charge in [-0.15, -0.1) is 0 Å². The van der Waals surface area contributed by atoms with Gasteiger partial charge in [-0.2, -0.15) is 0 Å². The summed E-state index contributed by atoms with van der Waals surface area (Å²) in [5, 5.41) is 3.65. The first kappa shape index (κ1) is 16.0. The molecular weight excluding hydrogens is 218 g/mol. The molecule has 18 heavy (non-hydrogen) atoms. The second-order valence-corrected chi connectivity index (χ2v) is 6.49. The van der Waals surface area contributed by atoms with E-state index in [0.29, 0.717) is 0 Å². The summed E-state index contributed by atoms with van der Waals surface area (Å²) in [6, 6.07) is 0. The highest BCUT2D eigenvalue weighted by Crippen LogP contribution is 2.36. The van der Waals surface area contributed by atoms with E-state index in [9.17, 15) is 0 Å². The first-order valence-corrected chi connectivity index (χ1v) is 8.48. The average molecular weight is 253 g/mol. The van der Waals surface area contributed by atoms with Crippen molar-refractivity contribution in [2.45, 2.75) is 78.6 Å². The molecule has 1 rings (SSSR count). The van der Waals surface area contributed by atoms with Crippen molar-refractivity contribution in [1.29, 1.82) is 0 Å². The lowest BCUT2D eigenvalue weighted by Gasteiger charge is -2.35.